The molecule has 0 amide bonds. The number of thiazole rings is 1. The highest BCUT2D eigenvalue weighted by atomic mass is 35.5. The molecule has 0 unspecified atom stereocenters. The van der Waals surface area contributed by atoms with Crippen molar-refractivity contribution in [2.75, 3.05) is 5.43 Å². The molecule has 0 saturated heterocycles. The number of rotatable bonds is 7. The number of hydrogen-bond donors (Lipinski definition) is 1. The van der Waals surface area contributed by atoms with Crippen LogP contribution >= 0.6 is 34.5 Å². The molecule has 33 heavy (non-hydrogen) atoms. The molecule has 5 rings (SSSR count). The van der Waals surface area contributed by atoms with Crippen LogP contribution in [0.15, 0.2) is 76.2 Å². The van der Waals surface area contributed by atoms with E-state index in [1.807, 2.05) is 48.5 Å². The van der Waals surface area contributed by atoms with E-state index in [9.17, 15) is 0 Å². The van der Waals surface area contributed by atoms with Gasteiger partial charge in [-0.3, -0.25) is 5.43 Å². The third-order valence-corrected chi connectivity index (χ3v) is 6.03. The number of aromatic nitrogens is 3. The Labute approximate surface area is 202 Å². The molecular weight excluding hydrogens is 481 g/mol. The molecule has 0 saturated carbocycles. The van der Waals surface area contributed by atoms with E-state index in [1.54, 1.807) is 35.8 Å². The topological polar surface area (TPSA) is 85.4 Å². The van der Waals surface area contributed by atoms with Gasteiger partial charge in [-0.05, 0) is 60.2 Å². The number of halogens is 2. The minimum Gasteiger partial charge on any atom is -0.484 e. The molecule has 7 nitrogen and oxygen atoms in total. The number of nitrogens with zero attached hydrogens (tertiary/aromatic N) is 4. The van der Waals surface area contributed by atoms with Gasteiger partial charge < -0.3 is 9.15 Å². The SMILES string of the molecule is Clc1ccc(-c2nnc(COc3ccc(/C=N/Nc4nc5ccccc5s4)cc3)o2)c(Cl)c1. The zero-order valence-corrected chi connectivity index (χ0v) is 19.2. The van der Waals surface area contributed by atoms with E-state index in [2.05, 4.69) is 25.7 Å². The van der Waals surface area contributed by atoms with Crippen molar-refractivity contribution < 1.29 is 9.15 Å². The standard InChI is InChI=1S/C23H15Cl2N5O2S/c24-15-7-10-17(18(25)11-15)22-29-28-21(32-22)13-31-16-8-5-14(6-9-16)12-26-30-23-27-19-3-1-2-4-20(19)33-23/h1-12H,13H2,(H,27,30)/b26-12+. The first kappa shape index (κ1) is 21.4. The number of para-hydroxylation sites is 1. The van der Waals surface area contributed by atoms with Gasteiger partial charge in [0.25, 0.3) is 5.89 Å². The zero-order chi connectivity index (χ0) is 22.6. The van der Waals surface area contributed by atoms with Gasteiger partial charge in [-0.25, -0.2) is 4.98 Å². The molecule has 0 spiro atoms. The Morgan fingerprint density at radius 1 is 1.03 bits per heavy atom. The number of hydrogen-bond acceptors (Lipinski definition) is 8. The summed E-state index contributed by atoms with van der Waals surface area (Å²) in [7, 11) is 0. The highest BCUT2D eigenvalue weighted by Gasteiger charge is 2.13. The van der Waals surface area contributed by atoms with Crippen molar-refractivity contribution in [2.24, 2.45) is 5.10 Å². The molecule has 3 aromatic carbocycles. The number of benzene rings is 3. The molecule has 0 atom stereocenters. The second kappa shape index (κ2) is 9.58. The lowest BCUT2D eigenvalue weighted by atomic mass is 10.2. The minimum absolute atomic E-state index is 0.130. The molecule has 2 aromatic heterocycles. The molecule has 2 heterocycles. The lowest BCUT2D eigenvalue weighted by Crippen LogP contribution is -1.96. The maximum atomic E-state index is 6.19. The van der Waals surface area contributed by atoms with E-state index in [1.165, 1.54) is 0 Å². The summed E-state index contributed by atoms with van der Waals surface area (Å²) in [5.41, 5.74) is 5.44. The van der Waals surface area contributed by atoms with Crippen molar-refractivity contribution >= 4 is 56.1 Å². The van der Waals surface area contributed by atoms with Crippen molar-refractivity contribution in [2.45, 2.75) is 6.61 Å². The molecule has 5 aromatic rings. The first-order chi connectivity index (χ1) is 16.1. The lowest BCUT2D eigenvalue weighted by molar-refractivity contribution is 0.264. The highest BCUT2D eigenvalue weighted by molar-refractivity contribution is 7.22. The van der Waals surface area contributed by atoms with Crippen LogP contribution in [0, 0.1) is 0 Å². The summed E-state index contributed by atoms with van der Waals surface area (Å²) in [6.07, 6.45) is 1.72. The minimum atomic E-state index is 0.130. The largest absolute Gasteiger partial charge is 0.484 e. The number of fused-ring (bicyclic) bond motifs is 1. The second-order valence-corrected chi connectivity index (χ2v) is 8.71. The Hall–Kier alpha value is -3.46. The smallest absolute Gasteiger partial charge is 0.254 e. The predicted octanol–water partition coefficient (Wildman–Crippen LogP) is 6.68. The first-order valence-corrected chi connectivity index (χ1v) is 11.4. The third kappa shape index (κ3) is 5.14. The number of anilines is 1. The molecule has 0 fully saturated rings. The van der Waals surface area contributed by atoms with Crippen LogP contribution in [0.3, 0.4) is 0 Å². The molecule has 10 heteroatoms. The molecular formula is C23H15Cl2N5O2S. The van der Waals surface area contributed by atoms with Crippen molar-refractivity contribution in [3.63, 3.8) is 0 Å². The van der Waals surface area contributed by atoms with Crippen molar-refractivity contribution in [1.82, 2.24) is 15.2 Å². The summed E-state index contributed by atoms with van der Waals surface area (Å²) in [5.74, 6) is 1.31. The summed E-state index contributed by atoms with van der Waals surface area (Å²) in [6.45, 7) is 0.130. The predicted molar refractivity (Wildman–Crippen MR) is 131 cm³/mol. The van der Waals surface area contributed by atoms with Crippen LogP contribution < -0.4 is 10.2 Å². The van der Waals surface area contributed by atoms with Crippen LogP contribution in [0.2, 0.25) is 10.0 Å². The summed E-state index contributed by atoms with van der Waals surface area (Å²) in [5, 5.41) is 14.0. The Morgan fingerprint density at radius 3 is 2.70 bits per heavy atom. The fraction of sp³-hybridized carbons (Fsp3) is 0.0435. The van der Waals surface area contributed by atoms with E-state index in [0.717, 1.165) is 20.9 Å². The Balaban J connectivity index is 1.16. The van der Waals surface area contributed by atoms with Crippen LogP contribution in [-0.2, 0) is 6.61 Å². The molecule has 0 radical (unpaired) electrons. The zero-order valence-electron chi connectivity index (χ0n) is 16.9. The van der Waals surface area contributed by atoms with Crippen molar-refractivity contribution in [3.05, 3.63) is 88.2 Å². The molecule has 0 aliphatic rings. The fourth-order valence-corrected chi connectivity index (χ4v) is 4.27. The summed E-state index contributed by atoms with van der Waals surface area (Å²) in [6, 6.07) is 20.5. The maximum absolute atomic E-state index is 6.19. The number of ether oxygens (including phenoxy) is 1. The molecule has 0 bridgehead atoms. The van der Waals surface area contributed by atoms with Crippen LogP contribution in [0.1, 0.15) is 11.5 Å². The number of nitrogens with one attached hydrogen (secondary N) is 1. The van der Waals surface area contributed by atoms with Gasteiger partial charge in [0.05, 0.1) is 27.0 Å². The van der Waals surface area contributed by atoms with Gasteiger partial charge in [0, 0.05) is 5.02 Å². The molecule has 0 aliphatic carbocycles. The second-order valence-electron chi connectivity index (χ2n) is 6.84. The third-order valence-electron chi connectivity index (χ3n) is 4.54. The molecule has 0 aliphatic heterocycles. The van der Waals surface area contributed by atoms with Crippen LogP contribution in [0.25, 0.3) is 21.7 Å². The first-order valence-electron chi connectivity index (χ1n) is 9.79. The average molecular weight is 496 g/mol. The maximum Gasteiger partial charge on any atom is 0.254 e. The highest BCUT2D eigenvalue weighted by Crippen LogP contribution is 2.29. The van der Waals surface area contributed by atoms with Gasteiger partial charge in [0.2, 0.25) is 11.0 Å². The summed E-state index contributed by atoms with van der Waals surface area (Å²) >= 11 is 13.7. The van der Waals surface area contributed by atoms with E-state index >= 15 is 0 Å². The Bertz CT molecular complexity index is 1400. The van der Waals surface area contributed by atoms with Gasteiger partial charge in [-0.1, -0.05) is 46.7 Å². The number of hydrazone groups is 1. The van der Waals surface area contributed by atoms with E-state index < -0.39 is 0 Å². The Morgan fingerprint density at radius 2 is 1.88 bits per heavy atom. The lowest BCUT2D eigenvalue weighted by Gasteiger charge is -2.03. The summed E-state index contributed by atoms with van der Waals surface area (Å²) in [4.78, 5) is 4.48. The quantitative estimate of drug-likeness (QED) is 0.200. The van der Waals surface area contributed by atoms with E-state index in [-0.39, 0.29) is 6.61 Å². The van der Waals surface area contributed by atoms with Crippen molar-refractivity contribution in [1.29, 1.82) is 0 Å². The average Bonchev–Trinajstić information content (AvgIpc) is 3.45. The van der Waals surface area contributed by atoms with Crippen LogP contribution in [0.5, 0.6) is 5.75 Å². The van der Waals surface area contributed by atoms with E-state index in [4.69, 9.17) is 32.4 Å². The fourth-order valence-electron chi connectivity index (χ4n) is 2.96. The van der Waals surface area contributed by atoms with Gasteiger partial charge in [-0.15, -0.1) is 10.2 Å². The van der Waals surface area contributed by atoms with Crippen molar-refractivity contribution in [3.8, 4) is 17.2 Å². The van der Waals surface area contributed by atoms with Gasteiger partial charge in [0.15, 0.2) is 6.61 Å². The van der Waals surface area contributed by atoms with Gasteiger partial charge in [0.1, 0.15) is 5.75 Å². The van der Waals surface area contributed by atoms with Gasteiger partial charge in [-0.2, -0.15) is 5.10 Å². The summed E-state index contributed by atoms with van der Waals surface area (Å²) < 4.78 is 12.5. The van der Waals surface area contributed by atoms with Gasteiger partial charge >= 0.3 is 0 Å². The van der Waals surface area contributed by atoms with Crippen LogP contribution in [-0.4, -0.2) is 21.4 Å². The molecule has 1 N–H and O–H groups in total. The van der Waals surface area contributed by atoms with E-state index in [0.29, 0.717) is 33.1 Å². The Kier molecular flexibility index (Phi) is 6.21. The van der Waals surface area contributed by atoms with Crippen LogP contribution in [0.4, 0.5) is 5.13 Å². The molecule has 164 valence electrons. The monoisotopic (exact) mass is 495 g/mol. The normalized spacial score (nSPS) is 11.3.